The normalized spacial score (nSPS) is 13.1. The number of halogens is 1. The summed E-state index contributed by atoms with van der Waals surface area (Å²) in [6.07, 6.45) is 8.75. The van der Waals surface area contributed by atoms with Crippen LogP contribution in [0.4, 0.5) is 5.95 Å². The number of pyridine rings is 1. The Kier molecular flexibility index (Phi) is 9.70. The van der Waals surface area contributed by atoms with Crippen LogP contribution in [0, 0.1) is 0 Å². The minimum Gasteiger partial charge on any atom is -0.494 e. The van der Waals surface area contributed by atoms with Crippen molar-refractivity contribution in [1.82, 2.24) is 29.5 Å². The molecule has 1 atom stereocenters. The first kappa shape index (κ1) is 31.6. The predicted octanol–water partition coefficient (Wildman–Crippen LogP) is 3.95. The Morgan fingerprint density at radius 1 is 1.00 bits per heavy atom. The standard InChI is InChI=1S/C27H36ClN7O5S2/c1-33-14-13-21(32-33)26-30-31-27(35(26)25-22(38-2)9-8-10-23(25)39-3)34(15-16-41(5,6)7)42(36,37)18-24(40-4)20-12-11-19(28)17-29-20/h8-14,17,24H,15-16,18H2,1-7H3/t24-/m0/s1. The number of anilines is 1. The lowest BCUT2D eigenvalue weighted by molar-refractivity contribution is 0.118. The van der Waals surface area contributed by atoms with Crippen LogP contribution in [0.15, 0.2) is 48.8 Å². The van der Waals surface area contributed by atoms with Crippen molar-refractivity contribution in [2.45, 2.75) is 6.10 Å². The first-order valence-electron chi connectivity index (χ1n) is 12.9. The molecular weight excluding hydrogens is 602 g/mol. The van der Waals surface area contributed by atoms with Gasteiger partial charge in [-0.25, -0.2) is 22.8 Å². The first-order valence-corrected chi connectivity index (χ1v) is 17.9. The van der Waals surface area contributed by atoms with E-state index in [0.717, 1.165) is 0 Å². The SMILES string of the molecule is COc1cccc(OC)c1-n1c(-c2ccn(C)n2)nnc1N(CCS(C)(C)C)S(=O)(=O)C[C@H](OC)c1ccc(Cl)cn1. The molecule has 3 heterocycles. The molecule has 0 aliphatic rings. The Morgan fingerprint density at radius 3 is 2.21 bits per heavy atom. The Labute approximate surface area is 252 Å². The third kappa shape index (κ3) is 7.00. The molecule has 4 aromatic rings. The van der Waals surface area contributed by atoms with Crippen LogP contribution in [-0.2, 0) is 21.8 Å². The Bertz CT molecular complexity index is 1600. The number of sulfonamides is 1. The largest absolute Gasteiger partial charge is 0.494 e. The van der Waals surface area contributed by atoms with E-state index >= 15 is 0 Å². The number of aryl methyl sites for hydroxylation is 1. The number of hydrogen-bond acceptors (Lipinski definition) is 9. The number of methoxy groups -OCH3 is 3. The third-order valence-electron chi connectivity index (χ3n) is 6.41. The van der Waals surface area contributed by atoms with Gasteiger partial charge in [-0.05, 0) is 54.9 Å². The highest BCUT2D eigenvalue weighted by atomic mass is 35.5. The third-order valence-corrected chi connectivity index (χ3v) is 9.78. The van der Waals surface area contributed by atoms with Crippen LogP contribution in [0.2, 0.25) is 5.02 Å². The van der Waals surface area contributed by atoms with Crippen molar-refractivity contribution in [1.29, 1.82) is 0 Å². The number of ether oxygens (including phenoxy) is 3. The summed E-state index contributed by atoms with van der Waals surface area (Å²) in [6.45, 7) is 0.156. The van der Waals surface area contributed by atoms with E-state index in [-0.39, 0.29) is 12.5 Å². The Hall–Kier alpha value is -3.33. The monoisotopic (exact) mass is 637 g/mol. The summed E-state index contributed by atoms with van der Waals surface area (Å²) >= 11 is 6.01. The molecule has 42 heavy (non-hydrogen) atoms. The summed E-state index contributed by atoms with van der Waals surface area (Å²) < 4.78 is 50.2. The van der Waals surface area contributed by atoms with Crippen molar-refractivity contribution in [3.8, 4) is 28.7 Å². The maximum Gasteiger partial charge on any atom is 0.246 e. The lowest BCUT2D eigenvalue weighted by atomic mass is 10.2. The molecule has 228 valence electrons. The van der Waals surface area contributed by atoms with Gasteiger partial charge in [-0.3, -0.25) is 14.2 Å². The van der Waals surface area contributed by atoms with Gasteiger partial charge in [-0.2, -0.15) is 5.10 Å². The van der Waals surface area contributed by atoms with Gasteiger partial charge in [-0.15, -0.1) is 10.2 Å². The summed E-state index contributed by atoms with van der Waals surface area (Å²) in [7, 11) is 1.10. The number of rotatable bonds is 13. The summed E-state index contributed by atoms with van der Waals surface area (Å²) in [5.41, 5.74) is 1.37. The maximum atomic E-state index is 14.3. The zero-order valence-corrected chi connectivity index (χ0v) is 27.1. The maximum absolute atomic E-state index is 14.3. The second kappa shape index (κ2) is 12.9. The van der Waals surface area contributed by atoms with Gasteiger partial charge in [-0.1, -0.05) is 17.7 Å². The van der Waals surface area contributed by atoms with E-state index in [1.807, 2.05) is 0 Å². The zero-order valence-electron chi connectivity index (χ0n) is 24.7. The van der Waals surface area contributed by atoms with Gasteiger partial charge in [0.2, 0.25) is 16.0 Å². The molecule has 0 radical (unpaired) electrons. The van der Waals surface area contributed by atoms with E-state index in [0.29, 0.717) is 45.2 Å². The molecule has 0 amide bonds. The highest BCUT2D eigenvalue weighted by Crippen LogP contribution is 2.40. The van der Waals surface area contributed by atoms with E-state index < -0.39 is 31.9 Å². The van der Waals surface area contributed by atoms with Crippen LogP contribution in [0.1, 0.15) is 11.8 Å². The molecule has 4 rings (SSSR count). The van der Waals surface area contributed by atoms with E-state index in [4.69, 9.17) is 25.8 Å². The molecule has 0 saturated heterocycles. The summed E-state index contributed by atoms with van der Waals surface area (Å²) in [6, 6.07) is 10.4. The quantitative estimate of drug-likeness (QED) is 0.214. The number of benzene rings is 1. The molecule has 0 saturated carbocycles. The second-order valence-electron chi connectivity index (χ2n) is 10.3. The molecule has 1 aromatic carbocycles. The number of aromatic nitrogens is 6. The number of hydrogen-bond donors (Lipinski definition) is 0. The van der Waals surface area contributed by atoms with E-state index in [1.54, 1.807) is 58.9 Å². The van der Waals surface area contributed by atoms with Crippen LogP contribution >= 0.6 is 21.6 Å². The molecule has 0 aliphatic heterocycles. The fraction of sp³-hybridized carbons (Fsp3) is 0.407. The molecule has 15 heteroatoms. The summed E-state index contributed by atoms with van der Waals surface area (Å²) in [5, 5.41) is 13.8. The highest BCUT2D eigenvalue weighted by Gasteiger charge is 2.35. The zero-order chi connectivity index (χ0) is 30.7. The molecule has 0 N–H and O–H groups in total. The van der Waals surface area contributed by atoms with Gasteiger partial charge in [0.15, 0.2) is 5.82 Å². The molecule has 12 nitrogen and oxygen atoms in total. The summed E-state index contributed by atoms with van der Waals surface area (Å²) in [4.78, 5) is 4.29. The van der Waals surface area contributed by atoms with Gasteiger partial charge >= 0.3 is 0 Å². The van der Waals surface area contributed by atoms with Crippen LogP contribution in [0.25, 0.3) is 17.2 Å². The van der Waals surface area contributed by atoms with Crippen molar-refractivity contribution < 1.29 is 22.6 Å². The van der Waals surface area contributed by atoms with Crippen LogP contribution in [0.3, 0.4) is 0 Å². The van der Waals surface area contributed by atoms with Crippen molar-refractivity contribution in [3.05, 3.63) is 59.5 Å². The van der Waals surface area contributed by atoms with Crippen molar-refractivity contribution >= 4 is 37.6 Å². The Balaban J connectivity index is 1.94. The average molecular weight is 638 g/mol. The number of nitrogens with zero attached hydrogens (tertiary/aromatic N) is 7. The van der Waals surface area contributed by atoms with Gasteiger partial charge < -0.3 is 14.2 Å². The fourth-order valence-electron chi connectivity index (χ4n) is 4.25. The lowest BCUT2D eigenvalue weighted by Gasteiger charge is -2.31. The topological polar surface area (TPSA) is 126 Å². The van der Waals surface area contributed by atoms with Crippen LogP contribution < -0.4 is 13.8 Å². The van der Waals surface area contributed by atoms with Gasteiger partial charge in [0, 0.05) is 33.1 Å². The van der Waals surface area contributed by atoms with E-state index in [1.165, 1.54) is 31.8 Å². The Morgan fingerprint density at radius 2 is 1.69 bits per heavy atom. The fourth-order valence-corrected chi connectivity index (χ4v) is 6.81. The van der Waals surface area contributed by atoms with Crippen molar-refractivity contribution in [2.24, 2.45) is 7.05 Å². The van der Waals surface area contributed by atoms with Crippen LogP contribution in [-0.4, -0.2) is 96.1 Å². The van der Waals surface area contributed by atoms with Crippen LogP contribution in [0.5, 0.6) is 11.5 Å². The molecule has 0 unspecified atom stereocenters. The first-order chi connectivity index (χ1) is 19.9. The van der Waals surface area contributed by atoms with E-state index in [2.05, 4.69) is 39.0 Å². The van der Waals surface area contributed by atoms with Crippen molar-refractivity contribution in [3.63, 3.8) is 0 Å². The number of para-hydroxylation sites is 1. The highest BCUT2D eigenvalue weighted by molar-refractivity contribution is 8.32. The molecule has 0 aliphatic carbocycles. The minimum absolute atomic E-state index is 0.0704. The predicted molar refractivity (Wildman–Crippen MR) is 167 cm³/mol. The molecule has 0 bridgehead atoms. The second-order valence-corrected chi connectivity index (χ2v) is 17.3. The molecule has 0 fully saturated rings. The minimum atomic E-state index is -4.08. The van der Waals surface area contributed by atoms with E-state index in [9.17, 15) is 8.42 Å². The van der Waals surface area contributed by atoms with Gasteiger partial charge in [0.05, 0.1) is 24.9 Å². The molecule has 3 aromatic heterocycles. The van der Waals surface area contributed by atoms with Crippen molar-refractivity contribution in [2.75, 3.05) is 62.5 Å². The van der Waals surface area contributed by atoms with Gasteiger partial charge in [0.25, 0.3) is 0 Å². The summed E-state index contributed by atoms with van der Waals surface area (Å²) in [5.74, 6) is 1.48. The molecular formula is C27H36ClN7O5S2. The lowest BCUT2D eigenvalue weighted by Crippen LogP contribution is -2.39. The average Bonchev–Trinajstić information content (AvgIpc) is 3.57. The molecule has 0 spiro atoms. The van der Waals surface area contributed by atoms with Gasteiger partial charge in [0.1, 0.15) is 34.7 Å². The smallest absolute Gasteiger partial charge is 0.246 e.